The molecule has 4 unspecified atom stereocenters. The van der Waals surface area contributed by atoms with E-state index in [1.807, 2.05) is 0 Å². The van der Waals surface area contributed by atoms with Crippen LogP contribution in [0.2, 0.25) is 5.02 Å². The zero-order chi connectivity index (χ0) is 33.8. The zero-order valence-electron chi connectivity index (χ0n) is 26.9. The predicted molar refractivity (Wildman–Crippen MR) is 184 cm³/mol. The number of rotatable bonds is 5. The van der Waals surface area contributed by atoms with E-state index in [0.717, 1.165) is 37.1 Å². The first-order chi connectivity index (χ1) is 23.7. The van der Waals surface area contributed by atoms with Crippen LogP contribution in [-0.2, 0) is 0 Å². The quantitative estimate of drug-likeness (QED) is 0.210. The lowest BCUT2D eigenvalue weighted by atomic mass is 9.95. The van der Waals surface area contributed by atoms with Crippen LogP contribution in [0.1, 0.15) is 51.0 Å². The number of nitrogens with two attached hydrogens (primary N) is 1. The molecule has 2 aromatic carbocycles. The summed E-state index contributed by atoms with van der Waals surface area (Å²) < 4.78 is 59.8. The van der Waals surface area contributed by atoms with E-state index in [2.05, 4.69) is 33.9 Å². The molecule has 0 amide bonds. The van der Waals surface area contributed by atoms with Gasteiger partial charge < -0.3 is 20.1 Å². The molecule has 4 aliphatic heterocycles. The fourth-order valence-electron chi connectivity index (χ4n) is 8.67. The van der Waals surface area contributed by atoms with E-state index in [4.69, 9.17) is 31.8 Å². The number of allylic oxidation sites excluding steroid dienone is 1. The van der Waals surface area contributed by atoms with Crippen molar-refractivity contribution < 1.29 is 22.6 Å². The number of alkyl halides is 1. The highest BCUT2D eigenvalue weighted by molar-refractivity contribution is 7.23. The second kappa shape index (κ2) is 11.4. The largest absolute Gasteiger partial charge is 0.491 e. The molecule has 1 aliphatic carbocycles. The Morgan fingerprint density at radius 1 is 1.29 bits per heavy atom. The SMILES string of the molecule is CC1CC1/C=C1/CC2CCOc3c(Cl)c(-c4ccc(F)c5sc(N)c(C#N)c45)c(F)c4nc(OCC56CCCN5C[C@H](F)C6)nc(c34)N2C1. The smallest absolute Gasteiger partial charge is 0.319 e. The van der Waals surface area contributed by atoms with Crippen LogP contribution in [0.25, 0.3) is 32.1 Å². The molecule has 5 aliphatic rings. The fraction of sp³-hybridized carbons (Fsp3) is 0.472. The van der Waals surface area contributed by atoms with Gasteiger partial charge in [0.2, 0.25) is 0 Å². The molecular weight excluding hydrogens is 673 g/mol. The number of thiophene rings is 1. The minimum atomic E-state index is -0.932. The zero-order valence-corrected chi connectivity index (χ0v) is 28.4. The molecule has 1 saturated carbocycles. The minimum Gasteiger partial charge on any atom is -0.491 e. The Balaban J connectivity index is 1.24. The fourth-order valence-corrected chi connectivity index (χ4v) is 9.95. The first kappa shape index (κ1) is 31.2. The molecule has 5 atom stereocenters. The number of ether oxygens (including phenoxy) is 2. The van der Waals surface area contributed by atoms with Gasteiger partial charge in [0.1, 0.15) is 41.0 Å². The van der Waals surface area contributed by atoms with Crippen molar-refractivity contribution in [1.29, 1.82) is 5.26 Å². The van der Waals surface area contributed by atoms with E-state index >= 15 is 8.78 Å². The van der Waals surface area contributed by atoms with Gasteiger partial charge in [-0.15, -0.1) is 11.3 Å². The minimum absolute atomic E-state index is 0.0153. The predicted octanol–water partition coefficient (Wildman–Crippen LogP) is 7.80. The summed E-state index contributed by atoms with van der Waals surface area (Å²) in [5.41, 5.74) is 7.11. The van der Waals surface area contributed by atoms with Gasteiger partial charge in [-0.1, -0.05) is 36.2 Å². The van der Waals surface area contributed by atoms with Crippen LogP contribution in [0, 0.1) is 34.8 Å². The molecule has 0 bridgehead atoms. The molecule has 2 N–H and O–H groups in total. The van der Waals surface area contributed by atoms with Crippen molar-refractivity contribution in [2.45, 2.75) is 63.2 Å². The van der Waals surface area contributed by atoms with Crippen molar-refractivity contribution in [2.75, 3.05) is 43.5 Å². The van der Waals surface area contributed by atoms with Crippen molar-refractivity contribution in [1.82, 2.24) is 14.9 Å². The standard InChI is InChI=1S/C36H34ClF3N6O2S/c1-17-9-19(17)10-18-11-21-5-8-47-31-27-30(29(40)26(28(31)37)22-3-4-24(39)32-25(22)23(13-41)33(42)49-32)43-35(44-34(27)46(21)14-18)48-16-36-6-2-7-45(36)15-20(38)12-36/h3-4,10,17,19-21H,2,5-9,11-12,14-16,42H2,1H3/b18-10-/t17?,19?,20-,21?,36?/m1/s1. The number of hydrogen-bond acceptors (Lipinski definition) is 9. The number of anilines is 2. The molecule has 3 saturated heterocycles. The molecule has 4 fully saturated rings. The number of nitrogens with zero attached hydrogens (tertiary/aromatic N) is 5. The maximum absolute atomic E-state index is 17.3. The van der Waals surface area contributed by atoms with E-state index in [0.29, 0.717) is 55.6 Å². The Labute approximate surface area is 290 Å². The summed E-state index contributed by atoms with van der Waals surface area (Å²) in [7, 11) is 0. The van der Waals surface area contributed by atoms with E-state index in [9.17, 15) is 9.65 Å². The normalized spacial score (nSPS) is 28.4. The molecule has 0 spiro atoms. The average Bonchev–Trinajstić information content (AvgIpc) is 3.41. The van der Waals surface area contributed by atoms with Gasteiger partial charge in [0.05, 0.1) is 32.8 Å². The molecule has 49 heavy (non-hydrogen) atoms. The van der Waals surface area contributed by atoms with Crippen molar-refractivity contribution in [2.24, 2.45) is 11.8 Å². The Hall–Kier alpha value is -3.79. The number of hydrogen-bond donors (Lipinski definition) is 1. The summed E-state index contributed by atoms with van der Waals surface area (Å²) >= 11 is 8.03. The van der Waals surface area contributed by atoms with Crippen LogP contribution in [-0.4, -0.2) is 65.5 Å². The monoisotopic (exact) mass is 706 g/mol. The molecule has 254 valence electrons. The summed E-state index contributed by atoms with van der Waals surface area (Å²) in [4.78, 5) is 13.9. The number of nitriles is 1. The van der Waals surface area contributed by atoms with Gasteiger partial charge in [0, 0.05) is 42.9 Å². The highest BCUT2D eigenvalue weighted by Crippen LogP contribution is 2.52. The van der Waals surface area contributed by atoms with Gasteiger partial charge in [-0.2, -0.15) is 15.2 Å². The molecule has 4 aromatic rings. The number of nitrogen functional groups attached to an aromatic ring is 1. The maximum atomic E-state index is 17.3. The highest BCUT2D eigenvalue weighted by atomic mass is 35.5. The molecule has 6 heterocycles. The summed E-state index contributed by atoms with van der Waals surface area (Å²) in [6, 6.07) is 4.73. The number of aromatic nitrogens is 2. The Kier molecular flexibility index (Phi) is 7.24. The third-order valence-corrected chi connectivity index (χ3v) is 12.7. The highest BCUT2D eigenvalue weighted by Gasteiger charge is 2.49. The van der Waals surface area contributed by atoms with Crippen molar-refractivity contribution in [3.63, 3.8) is 0 Å². The third kappa shape index (κ3) is 4.87. The molecule has 8 nitrogen and oxygen atoms in total. The maximum Gasteiger partial charge on any atom is 0.319 e. The summed E-state index contributed by atoms with van der Waals surface area (Å²) in [5.74, 6) is 0.580. The Morgan fingerprint density at radius 3 is 2.92 bits per heavy atom. The Bertz CT molecular complexity index is 2140. The molecule has 13 heteroatoms. The van der Waals surface area contributed by atoms with Crippen LogP contribution < -0.4 is 20.1 Å². The van der Waals surface area contributed by atoms with E-state index in [1.165, 1.54) is 24.1 Å². The topological polar surface area (TPSA) is 101 Å². The Morgan fingerprint density at radius 2 is 2.12 bits per heavy atom. The lowest BCUT2D eigenvalue weighted by Crippen LogP contribution is -2.43. The second-order valence-electron chi connectivity index (χ2n) is 14.3. The van der Waals surface area contributed by atoms with Gasteiger partial charge in [0.15, 0.2) is 11.6 Å². The number of benzene rings is 2. The van der Waals surface area contributed by atoms with Crippen LogP contribution in [0.3, 0.4) is 0 Å². The summed E-state index contributed by atoms with van der Waals surface area (Å²) in [5, 5.41) is 10.6. The third-order valence-electron chi connectivity index (χ3n) is 11.3. The lowest BCUT2D eigenvalue weighted by molar-refractivity contribution is 0.107. The van der Waals surface area contributed by atoms with E-state index < -0.39 is 23.3 Å². The second-order valence-corrected chi connectivity index (χ2v) is 15.8. The van der Waals surface area contributed by atoms with Crippen LogP contribution in [0.5, 0.6) is 11.8 Å². The van der Waals surface area contributed by atoms with Gasteiger partial charge >= 0.3 is 6.01 Å². The van der Waals surface area contributed by atoms with Crippen LogP contribution in [0.15, 0.2) is 23.8 Å². The summed E-state index contributed by atoms with van der Waals surface area (Å²) in [6.45, 7) is 4.55. The molecular formula is C36H34ClF3N6O2S. The van der Waals surface area contributed by atoms with Crippen LogP contribution >= 0.6 is 22.9 Å². The molecule has 9 rings (SSSR count). The van der Waals surface area contributed by atoms with E-state index in [-0.39, 0.29) is 66.7 Å². The average molecular weight is 707 g/mol. The van der Waals surface area contributed by atoms with Crippen molar-refractivity contribution in [3.8, 4) is 29.0 Å². The number of halogens is 4. The molecule has 2 aromatic heterocycles. The van der Waals surface area contributed by atoms with Crippen molar-refractivity contribution in [3.05, 3.63) is 46.0 Å². The van der Waals surface area contributed by atoms with Crippen LogP contribution in [0.4, 0.5) is 24.0 Å². The van der Waals surface area contributed by atoms with Gasteiger partial charge in [-0.05, 0) is 55.7 Å². The summed E-state index contributed by atoms with van der Waals surface area (Å²) in [6.07, 6.45) is 6.27. The van der Waals surface area contributed by atoms with Crippen molar-refractivity contribution >= 4 is 54.7 Å². The van der Waals surface area contributed by atoms with Gasteiger partial charge in [-0.25, -0.2) is 13.2 Å². The lowest BCUT2D eigenvalue weighted by Gasteiger charge is -2.32. The number of fused-ring (bicyclic) bond motifs is 4. The van der Waals surface area contributed by atoms with Gasteiger partial charge in [0.25, 0.3) is 0 Å². The first-order valence-corrected chi connectivity index (χ1v) is 18.1. The van der Waals surface area contributed by atoms with E-state index in [1.54, 1.807) is 0 Å². The molecule has 0 radical (unpaired) electrons. The van der Waals surface area contributed by atoms with Gasteiger partial charge in [-0.3, -0.25) is 4.90 Å². The first-order valence-electron chi connectivity index (χ1n) is 16.9.